The van der Waals surface area contributed by atoms with Gasteiger partial charge in [0.15, 0.2) is 0 Å². The van der Waals surface area contributed by atoms with Crippen molar-refractivity contribution in [3.8, 4) is 6.07 Å². The van der Waals surface area contributed by atoms with Crippen molar-refractivity contribution >= 4 is 23.1 Å². The molecule has 0 aliphatic heterocycles. The van der Waals surface area contributed by atoms with Gasteiger partial charge in [-0.2, -0.15) is 5.26 Å². The molecule has 25 heavy (non-hydrogen) atoms. The van der Waals surface area contributed by atoms with Crippen molar-refractivity contribution in [1.82, 2.24) is 9.97 Å². The maximum absolute atomic E-state index is 12.4. The van der Waals surface area contributed by atoms with Crippen LogP contribution in [0.3, 0.4) is 0 Å². The first-order chi connectivity index (χ1) is 12.2. The van der Waals surface area contributed by atoms with Crippen LogP contribution in [0.15, 0.2) is 60.9 Å². The van der Waals surface area contributed by atoms with Gasteiger partial charge < -0.3 is 10.6 Å². The highest BCUT2D eigenvalue weighted by Gasteiger charge is 2.11. The van der Waals surface area contributed by atoms with Crippen LogP contribution in [-0.4, -0.2) is 15.9 Å². The normalized spacial score (nSPS) is 9.92. The number of aromatic nitrogens is 2. The number of nitrogens with one attached hydrogen (secondary N) is 2. The van der Waals surface area contributed by atoms with Gasteiger partial charge in [-0.1, -0.05) is 29.8 Å². The number of hydrogen-bond acceptors (Lipinski definition) is 5. The molecule has 0 fully saturated rings. The van der Waals surface area contributed by atoms with Gasteiger partial charge in [-0.15, -0.1) is 0 Å². The first kappa shape index (κ1) is 16.1. The van der Waals surface area contributed by atoms with Crippen LogP contribution in [0.4, 0.5) is 17.2 Å². The smallest absolute Gasteiger partial charge is 0.274 e. The number of carbonyl (C=O) groups excluding carboxylic acids is 1. The second kappa shape index (κ2) is 7.23. The first-order valence-electron chi connectivity index (χ1n) is 7.62. The molecule has 0 spiro atoms. The largest absolute Gasteiger partial charge is 0.340 e. The Kier molecular flexibility index (Phi) is 4.67. The van der Waals surface area contributed by atoms with Gasteiger partial charge in [0.2, 0.25) is 0 Å². The molecule has 0 atom stereocenters. The van der Waals surface area contributed by atoms with Crippen molar-refractivity contribution in [2.24, 2.45) is 0 Å². The summed E-state index contributed by atoms with van der Waals surface area (Å²) in [7, 11) is 0. The predicted molar refractivity (Wildman–Crippen MR) is 95.6 cm³/mol. The molecule has 6 nitrogen and oxygen atoms in total. The third-order valence-corrected chi connectivity index (χ3v) is 3.52. The third-order valence-electron chi connectivity index (χ3n) is 3.52. The number of aryl methyl sites for hydroxylation is 1. The SMILES string of the molecule is Cc1ccc(Nc2cc(C(=O)Nc3ccccc3C#N)ncn2)cc1. The summed E-state index contributed by atoms with van der Waals surface area (Å²) >= 11 is 0. The molecule has 2 N–H and O–H groups in total. The molecule has 1 aromatic heterocycles. The number of para-hydroxylation sites is 1. The van der Waals surface area contributed by atoms with Gasteiger partial charge in [-0.05, 0) is 31.2 Å². The molecule has 0 radical (unpaired) electrons. The van der Waals surface area contributed by atoms with Crippen molar-refractivity contribution in [2.45, 2.75) is 6.92 Å². The highest BCUT2D eigenvalue weighted by atomic mass is 16.1. The zero-order valence-electron chi connectivity index (χ0n) is 13.5. The molecule has 6 heteroatoms. The van der Waals surface area contributed by atoms with Crippen LogP contribution in [0, 0.1) is 18.3 Å². The fourth-order valence-corrected chi connectivity index (χ4v) is 2.21. The minimum atomic E-state index is -0.406. The number of carbonyl (C=O) groups is 1. The van der Waals surface area contributed by atoms with E-state index in [1.807, 2.05) is 37.3 Å². The maximum atomic E-state index is 12.4. The molecule has 0 unspecified atom stereocenters. The van der Waals surface area contributed by atoms with Crippen molar-refractivity contribution in [3.63, 3.8) is 0 Å². The fourth-order valence-electron chi connectivity index (χ4n) is 2.21. The summed E-state index contributed by atoms with van der Waals surface area (Å²) in [4.78, 5) is 20.5. The minimum absolute atomic E-state index is 0.206. The predicted octanol–water partition coefficient (Wildman–Crippen LogP) is 3.65. The summed E-state index contributed by atoms with van der Waals surface area (Å²) in [6.45, 7) is 2.01. The zero-order valence-corrected chi connectivity index (χ0v) is 13.5. The van der Waals surface area contributed by atoms with E-state index in [1.54, 1.807) is 30.3 Å². The molecule has 0 saturated heterocycles. The van der Waals surface area contributed by atoms with E-state index in [0.717, 1.165) is 11.3 Å². The van der Waals surface area contributed by atoms with E-state index in [0.29, 0.717) is 17.1 Å². The van der Waals surface area contributed by atoms with Crippen LogP contribution >= 0.6 is 0 Å². The molecule has 0 aliphatic rings. The van der Waals surface area contributed by atoms with Crippen LogP contribution in [0.25, 0.3) is 0 Å². The van der Waals surface area contributed by atoms with E-state index in [2.05, 4.69) is 20.6 Å². The lowest BCUT2D eigenvalue weighted by Crippen LogP contribution is -2.15. The Bertz CT molecular complexity index is 945. The molecule has 2 aromatic carbocycles. The number of rotatable bonds is 4. The van der Waals surface area contributed by atoms with Gasteiger partial charge in [-0.3, -0.25) is 4.79 Å². The molecule has 1 amide bonds. The van der Waals surface area contributed by atoms with Crippen LogP contribution < -0.4 is 10.6 Å². The van der Waals surface area contributed by atoms with E-state index in [4.69, 9.17) is 5.26 Å². The number of hydrogen-bond donors (Lipinski definition) is 2. The third kappa shape index (κ3) is 3.98. The monoisotopic (exact) mass is 329 g/mol. The first-order valence-corrected chi connectivity index (χ1v) is 7.62. The summed E-state index contributed by atoms with van der Waals surface area (Å²) in [6, 6.07) is 18.2. The zero-order chi connectivity index (χ0) is 17.6. The Labute approximate surface area is 145 Å². The average Bonchev–Trinajstić information content (AvgIpc) is 2.64. The van der Waals surface area contributed by atoms with Crippen molar-refractivity contribution in [1.29, 1.82) is 5.26 Å². The lowest BCUT2D eigenvalue weighted by molar-refractivity contribution is 0.102. The van der Waals surface area contributed by atoms with E-state index >= 15 is 0 Å². The number of benzene rings is 2. The molecule has 3 rings (SSSR count). The van der Waals surface area contributed by atoms with Gasteiger partial charge in [0, 0.05) is 11.8 Å². The van der Waals surface area contributed by atoms with Crippen LogP contribution in [-0.2, 0) is 0 Å². The van der Waals surface area contributed by atoms with E-state index in [9.17, 15) is 4.79 Å². The van der Waals surface area contributed by atoms with Crippen molar-refractivity contribution in [3.05, 3.63) is 77.7 Å². The lowest BCUT2D eigenvalue weighted by Gasteiger charge is -2.08. The maximum Gasteiger partial charge on any atom is 0.274 e. The van der Waals surface area contributed by atoms with Crippen molar-refractivity contribution < 1.29 is 4.79 Å². The van der Waals surface area contributed by atoms with E-state index in [-0.39, 0.29) is 5.69 Å². The molecule has 1 heterocycles. The quantitative estimate of drug-likeness (QED) is 0.762. The van der Waals surface area contributed by atoms with Crippen molar-refractivity contribution in [2.75, 3.05) is 10.6 Å². The second-order valence-electron chi connectivity index (χ2n) is 5.39. The number of anilines is 3. The molecule has 3 aromatic rings. The molecule has 0 saturated carbocycles. The molecule has 122 valence electrons. The Morgan fingerprint density at radius 3 is 2.60 bits per heavy atom. The highest BCUT2D eigenvalue weighted by molar-refractivity contribution is 6.03. The van der Waals surface area contributed by atoms with Crippen LogP contribution in [0.1, 0.15) is 21.6 Å². The van der Waals surface area contributed by atoms with Gasteiger partial charge in [0.1, 0.15) is 23.9 Å². The van der Waals surface area contributed by atoms with E-state index < -0.39 is 5.91 Å². The van der Waals surface area contributed by atoms with Gasteiger partial charge in [0.05, 0.1) is 11.3 Å². The number of nitrogens with zero attached hydrogens (tertiary/aromatic N) is 3. The van der Waals surface area contributed by atoms with Gasteiger partial charge in [0.25, 0.3) is 5.91 Å². The Morgan fingerprint density at radius 1 is 1.08 bits per heavy atom. The van der Waals surface area contributed by atoms with Gasteiger partial charge >= 0.3 is 0 Å². The second-order valence-corrected chi connectivity index (χ2v) is 5.39. The molecular formula is C19H15N5O. The minimum Gasteiger partial charge on any atom is -0.340 e. The summed E-state index contributed by atoms with van der Waals surface area (Å²) in [5, 5.41) is 14.9. The summed E-state index contributed by atoms with van der Waals surface area (Å²) in [5.41, 5.74) is 3.07. The van der Waals surface area contributed by atoms with E-state index in [1.165, 1.54) is 6.33 Å². The number of nitriles is 1. The average molecular weight is 329 g/mol. The topological polar surface area (TPSA) is 90.7 Å². The van der Waals surface area contributed by atoms with Crippen LogP contribution in [0.5, 0.6) is 0 Å². The summed E-state index contributed by atoms with van der Waals surface area (Å²) in [6.07, 6.45) is 1.32. The lowest BCUT2D eigenvalue weighted by atomic mass is 10.2. The molecule has 0 aliphatic carbocycles. The van der Waals surface area contributed by atoms with Gasteiger partial charge in [-0.25, -0.2) is 9.97 Å². The standard InChI is InChI=1S/C19H15N5O/c1-13-6-8-15(9-7-13)23-18-10-17(21-12-22-18)19(25)24-16-5-3-2-4-14(16)11-20/h2-10,12H,1H3,(H,24,25)(H,21,22,23). The fraction of sp³-hybridized carbons (Fsp3) is 0.0526. The highest BCUT2D eigenvalue weighted by Crippen LogP contribution is 2.17. The Hall–Kier alpha value is -3.72. The molecular weight excluding hydrogens is 314 g/mol. The molecule has 0 bridgehead atoms. The summed E-state index contributed by atoms with van der Waals surface area (Å²) in [5.74, 6) is 0.106. The van der Waals surface area contributed by atoms with Crippen LogP contribution in [0.2, 0.25) is 0 Å². The Morgan fingerprint density at radius 2 is 1.84 bits per heavy atom. The summed E-state index contributed by atoms with van der Waals surface area (Å²) < 4.78 is 0. The number of amides is 1. The Balaban J connectivity index is 1.77.